The molecule has 3 aliphatic rings. The van der Waals surface area contributed by atoms with E-state index in [1.165, 1.54) is 22.6 Å². The third kappa shape index (κ3) is 4.02. The third-order valence-corrected chi connectivity index (χ3v) is 7.34. The van der Waals surface area contributed by atoms with Gasteiger partial charge in [-0.2, -0.15) is 0 Å². The monoisotopic (exact) mass is 456 g/mol. The zero-order chi connectivity index (χ0) is 21.4. The van der Waals surface area contributed by atoms with Gasteiger partial charge in [-0.3, -0.25) is 18.9 Å². The fraction of sp³-hybridized carbons (Fsp3) is 0.455. The van der Waals surface area contributed by atoms with E-state index < -0.39 is 0 Å². The van der Waals surface area contributed by atoms with E-state index in [9.17, 15) is 9.59 Å². The van der Waals surface area contributed by atoms with Crippen molar-refractivity contribution < 1.29 is 9.53 Å². The van der Waals surface area contributed by atoms with Crippen LogP contribution in [0.5, 0.6) is 0 Å². The van der Waals surface area contributed by atoms with Crippen molar-refractivity contribution in [3.8, 4) is 0 Å². The number of amides is 1. The molecule has 2 aromatic rings. The highest BCUT2D eigenvalue weighted by Crippen LogP contribution is 2.34. The molecule has 7 nitrogen and oxygen atoms in total. The lowest BCUT2D eigenvalue weighted by Gasteiger charge is -2.29. The number of carbonyl (C=O) groups is 1. The predicted molar refractivity (Wildman–Crippen MR) is 126 cm³/mol. The number of hydrogen-bond acceptors (Lipinski definition) is 7. The molecule has 0 N–H and O–H groups in total. The Hall–Kier alpha value is -2.23. The molecule has 3 saturated heterocycles. The molecule has 3 aliphatic heterocycles. The van der Waals surface area contributed by atoms with Gasteiger partial charge >= 0.3 is 0 Å². The normalized spacial score (nSPS) is 23.5. The molecule has 2 aromatic heterocycles. The van der Waals surface area contributed by atoms with Crippen LogP contribution in [0.3, 0.4) is 0 Å². The van der Waals surface area contributed by atoms with E-state index in [4.69, 9.17) is 21.9 Å². The summed E-state index contributed by atoms with van der Waals surface area (Å²) in [5.41, 5.74) is 0.884. The van der Waals surface area contributed by atoms with E-state index in [2.05, 4.69) is 4.90 Å². The van der Waals surface area contributed by atoms with Gasteiger partial charge in [0.05, 0.1) is 23.1 Å². The Morgan fingerprint density at radius 2 is 2.03 bits per heavy atom. The highest BCUT2D eigenvalue weighted by Gasteiger charge is 2.35. The maximum absolute atomic E-state index is 13.4. The van der Waals surface area contributed by atoms with Gasteiger partial charge in [-0.05, 0) is 50.3 Å². The fourth-order valence-corrected chi connectivity index (χ4v) is 5.60. The number of nitrogens with zero attached hydrogens (tertiary/aromatic N) is 4. The maximum atomic E-state index is 13.4. The average Bonchev–Trinajstić information content (AvgIpc) is 3.40. The van der Waals surface area contributed by atoms with E-state index in [0.717, 1.165) is 45.4 Å². The van der Waals surface area contributed by atoms with Crippen molar-refractivity contribution >= 4 is 51.7 Å². The molecule has 0 saturated carbocycles. The van der Waals surface area contributed by atoms with Crippen molar-refractivity contribution in [2.75, 3.05) is 31.1 Å². The number of rotatable bonds is 4. The number of piperidine rings is 1. The van der Waals surface area contributed by atoms with Crippen LogP contribution in [0.25, 0.3) is 11.7 Å². The Morgan fingerprint density at radius 3 is 2.81 bits per heavy atom. The van der Waals surface area contributed by atoms with Crippen LogP contribution in [0.1, 0.15) is 37.7 Å². The topological polar surface area (TPSA) is 67.2 Å². The SMILES string of the molecule is O=C1/C(=C\c2c(N3CCCCC3)nc3ccccn3c2=O)SC(=S)N1CC1CCCO1. The van der Waals surface area contributed by atoms with Gasteiger partial charge in [0, 0.05) is 25.9 Å². The highest BCUT2D eigenvalue weighted by molar-refractivity contribution is 8.26. The minimum atomic E-state index is -0.171. The number of thiocarbonyl (C=S) groups is 1. The molecule has 1 unspecified atom stereocenters. The first-order chi connectivity index (χ1) is 15.1. The summed E-state index contributed by atoms with van der Waals surface area (Å²) in [5, 5.41) is 0. The first kappa shape index (κ1) is 20.7. The van der Waals surface area contributed by atoms with Gasteiger partial charge in [-0.15, -0.1) is 0 Å². The molecule has 9 heteroatoms. The Morgan fingerprint density at radius 1 is 1.19 bits per heavy atom. The minimum Gasteiger partial charge on any atom is -0.376 e. The molecule has 5 rings (SSSR count). The summed E-state index contributed by atoms with van der Waals surface area (Å²) in [6.07, 6.45) is 8.69. The van der Waals surface area contributed by atoms with Crippen molar-refractivity contribution in [2.24, 2.45) is 0 Å². The maximum Gasteiger partial charge on any atom is 0.267 e. The number of aromatic nitrogens is 2. The summed E-state index contributed by atoms with van der Waals surface area (Å²) in [7, 11) is 0. The van der Waals surface area contributed by atoms with E-state index in [1.54, 1.807) is 17.2 Å². The van der Waals surface area contributed by atoms with Crippen LogP contribution in [0.4, 0.5) is 5.82 Å². The first-order valence-corrected chi connectivity index (χ1v) is 12.0. The standard InChI is InChI=1S/C22H24N4O3S2/c27-20-16(13-17-21(28)26(22(30)31-17)14-15-7-6-12-29-15)19(24-9-3-1-4-10-24)23-18-8-2-5-11-25(18)20/h2,5,8,11,13,15H,1,3-4,6-7,9-10,12,14H2/b17-13+. The van der Waals surface area contributed by atoms with Crippen LogP contribution >= 0.6 is 24.0 Å². The van der Waals surface area contributed by atoms with Crippen molar-refractivity contribution in [3.63, 3.8) is 0 Å². The van der Waals surface area contributed by atoms with Crippen LogP contribution in [-0.2, 0) is 9.53 Å². The number of hydrogen-bond donors (Lipinski definition) is 0. The summed E-state index contributed by atoms with van der Waals surface area (Å²) >= 11 is 6.72. The molecule has 162 valence electrons. The number of anilines is 1. The van der Waals surface area contributed by atoms with Gasteiger partial charge in [-0.25, -0.2) is 4.98 Å². The Bertz CT molecular complexity index is 1120. The van der Waals surface area contributed by atoms with Gasteiger partial charge in [-0.1, -0.05) is 30.0 Å². The van der Waals surface area contributed by atoms with Crippen LogP contribution in [-0.4, -0.2) is 56.9 Å². The zero-order valence-electron chi connectivity index (χ0n) is 17.2. The van der Waals surface area contributed by atoms with Gasteiger partial charge < -0.3 is 9.64 Å². The fourth-order valence-electron chi connectivity index (χ4n) is 4.34. The highest BCUT2D eigenvalue weighted by atomic mass is 32.2. The zero-order valence-corrected chi connectivity index (χ0v) is 18.8. The van der Waals surface area contributed by atoms with Crippen LogP contribution in [0.2, 0.25) is 0 Å². The summed E-state index contributed by atoms with van der Waals surface area (Å²) in [6, 6.07) is 5.51. The van der Waals surface area contributed by atoms with Gasteiger partial charge in [0.15, 0.2) is 0 Å². The molecule has 0 spiro atoms. The lowest BCUT2D eigenvalue weighted by molar-refractivity contribution is -0.123. The number of pyridine rings is 1. The largest absolute Gasteiger partial charge is 0.376 e. The molecule has 3 fully saturated rings. The van der Waals surface area contributed by atoms with Crippen molar-refractivity contribution in [1.29, 1.82) is 0 Å². The van der Waals surface area contributed by atoms with Crippen molar-refractivity contribution in [1.82, 2.24) is 14.3 Å². The number of carbonyl (C=O) groups excluding carboxylic acids is 1. The van der Waals surface area contributed by atoms with Crippen molar-refractivity contribution in [2.45, 2.75) is 38.2 Å². The quantitative estimate of drug-likeness (QED) is 0.517. The molecule has 31 heavy (non-hydrogen) atoms. The molecular weight excluding hydrogens is 432 g/mol. The molecule has 0 aliphatic carbocycles. The van der Waals surface area contributed by atoms with E-state index in [0.29, 0.717) is 32.8 Å². The molecule has 0 radical (unpaired) electrons. The minimum absolute atomic E-state index is 0.0266. The van der Waals surface area contributed by atoms with Crippen LogP contribution in [0, 0.1) is 0 Å². The lowest BCUT2D eigenvalue weighted by Crippen LogP contribution is -2.35. The van der Waals surface area contributed by atoms with Crippen molar-refractivity contribution in [3.05, 3.63) is 45.2 Å². The first-order valence-electron chi connectivity index (χ1n) is 10.7. The van der Waals surface area contributed by atoms with E-state index in [1.807, 2.05) is 18.2 Å². The molecule has 1 amide bonds. The molecule has 0 aromatic carbocycles. The summed E-state index contributed by atoms with van der Waals surface area (Å²) in [6.45, 7) is 2.91. The van der Waals surface area contributed by atoms with Crippen LogP contribution in [0.15, 0.2) is 34.1 Å². The summed E-state index contributed by atoms with van der Waals surface area (Å²) < 4.78 is 7.73. The molecule has 0 bridgehead atoms. The number of ether oxygens (including phenoxy) is 1. The van der Waals surface area contributed by atoms with Gasteiger partial charge in [0.25, 0.3) is 11.5 Å². The van der Waals surface area contributed by atoms with E-state index >= 15 is 0 Å². The second kappa shape index (κ2) is 8.72. The molecule has 5 heterocycles. The number of thioether (sulfide) groups is 1. The molecule has 1 atom stereocenters. The number of fused-ring (bicyclic) bond motifs is 1. The second-order valence-electron chi connectivity index (χ2n) is 8.06. The smallest absolute Gasteiger partial charge is 0.267 e. The van der Waals surface area contributed by atoms with Gasteiger partial charge in [0.1, 0.15) is 15.8 Å². The lowest BCUT2D eigenvalue weighted by atomic mass is 10.1. The molecular formula is C22H24N4O3S2. The second-order valence-corrected chi connectivity index (χ2v) is 9.73. The Labute approximate surface area is 190 Å². The summed E-state index contributed by atoms with van der Waals surface area (Å²) in [4.78, 5) is 35.6. The van der Waals surface area contributed by atoms with Crippen LogP contribution < -0.4 is 10.5 Å². The Kier molecular flexibility index (Phi) is 5.81. The summed E-state index contributed by atoms with van der Waals surface area (Å²) in [5.74, 6) is 0.493. The predicted octanol–water partition coefficient (Wildman–Crippen LogP) is 3.07. The third-order valence-electron chi connectivity index (χ3n) is 5.96. The average molecular weight is 457 g/mol. The van der Waals surface area contributed by atoms with E-state index in [-0.39, 0.29) is 17.6 Å². The Balaban J connectivity index is 1.55. The van der Waals surface area contributed by atoms with Gasteiger partial charge in [0.2, 0.25) is 0 Å².